The Morgan fingerprint density at radius 2 is 1.76 bits per heavy atom. The van der Waals surface area contributed by atoms with Gasteiger partial charge in [0.25, 0.3) is 0 Å². The summed E-state index contributed by atoms with van der Waals surface area (Å²) >= 11 is 6.08. The summed E-state index contributed by atoms with van der Waals surface area (Å²) in [5.41, 5.74) is -0.722. The fraction of sp³-hybridized carbons (Fsp3) is 0.667. The Bertz CT molecular complexity index is 1030. The van der Waals surface area contributed by atoms with E-state index in [2.05, 4.69) is 20.7 Å². The van der Waals surface area contributed by atoms with Gasteiger partial charge in [0.05, 0.1) is 37.2 Å². The second-order valence-electron chi connectivity index (χ2n) is 11.6. The Labute approximate surface area is 253 Å². The molecule has 42 heavy (non-hydrogen) atoms. The van der Waals surface area contributed by atoms with E-state index in [-0.39, 0.29) is 32.4 Å². The Morgan fingerprint density at radius 1 is 1.07 bits per heavy atom. The Balaban J connectivity index is 1.99. The van der Waals surface area contributed by atoms with Crippen LogP contribution in [0.3, 0.4) is 0 Å². The molecule has 1 aliphatic rings. The van der Waals surface area contributed by atoms with Crippen molar-refractivity contribution in [2.75, 3.05) is 20.3 Å². The zero-order chi connectivity index (χ0) is 31.1. The lowest BCUT2D eigenvalue weighted by Crippen LogP contribution is -2.51. The van der Waals surface area contributed by atoms with E-state index in [4.69, 9.17) is 21.1 Å². The van der Waals surface area contributed by atoms with E-state index in [9.17, 15) is 24.3 Å². The van der Waals surface area contributed by atoms with Crippen molar-refractivity contribution in [2.24, 2.45) is 5.92 Å². The van der Waals surface area contributed by atoms with Crippen LogP contribution in [0.25, 0.3) is 0 Å². The number of aliphatic hydroxyl groups is 1. The van der Waals surface area contributed by atoms with Gasteiger partial charge < -0.3 is 35.3 Å². The smallest absolute Gasteiger partial charge is 0.407 e. The topological polar surface area (TPSA) is 152 Å². The fourth-order valence-electron chi connectivity index (χ4n) is 4.79. The molecule has 11 nitrogen and oxygen atoms in total. The molecule has 0 saturated heterocycles. The molecule has 0 radical (unpaired) electrons. The molecule has 4 N–H and O–H groups in total. The van der Waals surface area contributed by atoms with Crippen molar-refractivity contribution in [2.45, 2.75) is 102 Å². The third-order valence-electron chi connectivity index (χ3n) is 6.89. The maximum absolute atomic E-state index is 13.0. The summed E-state index contributed by atoms with van der Waals surface area (Å²) in [6, 6.07) is 5.17. The second kappa shape index (κ2) is 17.8. The number of carbonyl (C=O) groups excluding carboxylic acids is 4. The highest BCUT2D eigenvalue weighted by atomic mass is 35.5. The van der Waals surface area contributed by atoms with Gasteiger partial charge in [0.15, 0.2) is 0 Å². The first-order valence-corrected chi connectivity index (χ1v) is 14.9. The number of nitrogens with one attached hydrogen (secondary N) is 3. The van der Waals surface area contributed by atoms with E-state index in [0.29, 0.717) is 23.1 Å². The van der Waals surface area contributed by atoms with Crippen molar-refractivity contribution in [3.05, 3.63) is 29.3 Å². The quantitative estimate of drug-likeness (QED) is 0.172. The molecule has 2 unspecified atom stereocenters. The van der Waals surface area contributed by atoms with Crippen LogP contribution in [0.4, 0.5) is 4.79 Å². The van der Waals surface area contributed by atoms with Gasteiger partial charge in [-0.05, 0) is 51.7 Å². The molecular formula is C30H46ClN3O8. The minimum Gasteiger partial charge on any atom is -0.490 e. The molecule has 3 atom stereocenters. The summed E-state index contributed by atoms with van der Waals surface area (Å²) < 4.78 is 15.6. The predicted octanol–water partition coefficient (Wildman–Crippen LogP) is 3.89. The molecule has 1 aromatic rings. The largest absolute Gasteiger partial charge is 0.490 e. The number of para-hydroxylation sites is 1. The Hall–Kier alpha value is -3.05. The Kier molecular flexibility index (Phi) is 14.9. The molecule has 0 heterocycles. The van der Waals surface area contributed by atoms with Gasteiger partial charge in [-0.3, -0.25) is 14.4 Å². The standard InChI is InChI=1S/C30H46ClN3O8/c1-30(2,3)42-29(39)34-23(18-20-10-6-5-7-11-20)24(35)19-26(36)33-22(14-15-27(37)40-4)28(38)32-16-17-41-25-13-9-8-12-21(25)31/h8-9,12-13,20,22-24,35H,5-7,10-11,14-19H2,1-4H3,(H,32,38)(H,33,36)(H,34,39)/t22-,23?,24?/m0/s1. The normalized spacial score (nSPS) is 16.0. The van der Waals surface area contributed by atoms with Crippen LogP contribution in [-0.4, -0.2) is 73.0 Å². The number of halogens is 1. The molecule has 236 valence electrons. The number of rotatable bonds is 15. The third-order valence-corrected chi connectivity index (χ3v) is 7.20. The molecule has 0 aliphatic heterocycles. The van der Waals surface area contributed by atoms with Gasteiger partial charge in [-0.1, -0.05) is 55.8 Å². The van der Waals surface area contributed by atoms with Gasteiger partial charge in [-0.15, -0.1) is 0 Å². The fourth-order valence-corrected chi connectivity index (χ4v) is 4.98. The number of hydrogen-bond donors (Lipinski definition) is 4. The van der Waals surface area contributed by atoms with Crippen LogP contribution in [-0.2, 0) is 23.9 Å². The van der Waals surface area contributed by atoms with Crippen LogP contribution < -0.4 is 20.7 Å². The van der Waals surface area contributed by atoms with E-state index < -0.39 is 47.7 Å². The number of methoxy groups -OCH3 is 1. The molecule has 0 spiro atoms. The summed E-state index contributed by atoms with van der Waals surface area (Å²) in [5.74, 6) is -0.864. The summed E-state index contributed by atoms with van der Waals surface area (Å²) in [4.78, 5) is 50.2. The number of aliphatic hydroxyl groups excluding tert-OH is 1. The number of ether oxygens (including phenoxy) is 3. The second-order valence-corrected chi connectivity index (χ2v) is 12.0. The third kappa shape index (κ3) is 13.7. The Morgan fingerprint density at radius 3 is 2.40 bits per heavy atom. The minimum absolute atomic E-state index is 0.00657. The molecule has 1 fully saturated rings. The van der Waals surface area contributed by atoms with Crippen LogP contribution in [0.5, 0.6) is 5.75 Å². The van der Waals surface area contributed by atoms with Crippen molar-refractivity contribution < 1.29 is 38.5 Å². The van der Waals surface area contributed by atoms with E-state index in [1.54, 1.807) is 45.0 Å². The van der Waals surface area contributed by atoms with E-state index in [1.807, 2.05) is 0 Å². The number of carbonyl (C=O) groups is 4. The van der Waals surface area contributed by atoms with Crippen LogP contribution >= 0.6 is 11.6 Å². The monoisotopic (exact) mass is 611 g/mol. The molecule has 1 aromatic carbocycles. The van der Waals surface area contributed by atoms with E-state index in [1.165, 1.54) is 7.11 Å². The molecule has 12 heteroatoms. The maximum atomic E-state index is 13.0. The predicted molar refractivity (Wildman–Crippen MR) is 158 cm³/mol. The zero-order valence-corrected chi connectivity index (χ0v) is 25.8. The average molecular weight is 612 g/mol. The number of alkyl carbamates (subject to hydrolysis) is 1. The highest BCUT2D eigenvalue weighted by Crippen LogP contribution is 2.28. The molecule has 2 rings (SSSR count). The van der Waals surface area contributed by atoms with Crippen molar-refractivity contribution in [3.63, 3.8) is 0 Å². The van der Waals surface area contributed by atoms with Gasteiger partial charge in [0.1, 0.15) is 24.0 Å². The molecule has 1 aliphatic carbocycles. The maximum Gasteiger partial charge on any atom is 0.407 e. The van der Waals surface area contributed by atoms with Crippen LogP contribution in [0.2, 0.25) is 5.02 Å². The number of amides is 3. The number of benzene rings is 1. The molecule has 1 saturated carbocycles. The molecular weight excluding hydrogens is 566 g/mol. The lowest BCUT2D eigenvalue weighted by Gasteiger charge is -2.31. The first-order chi connectivity index (χ1) is 19.9. The molecule has 3 amide bonds. The van der Waals surface area contributed by atoms with Crippen LogP contribution in [0.15, 0.2) is 24.3 Å². The average Bonchev–Trinajstić information content (AvgIpc) is 2.93. The summed E-state index contributed by atoms with van der Waals surface area (Å²) in [5, 5.41) is 19.5. The highest BCUT2D eigenvalue weighted by Gasteiger charge is 2.31. The summed E-state index contributed by atoms with van der Waals surface area (Å²) in [7, 11) is 1.24. The van der Waals surface area contributed by atoms with E-state index >= 15 is 0 Å². The van der Waals surface area contributed by atoms with Gasteiger partial charge in [0.2, 0.25) is 11.8 Å². The van der Waals surface area contributed by atoms with Crippen LogP contribution in [0.1, 0.15) is 78.6 Å². The first-order valence-electron chi connectivity index (χ1n) is 14.6. The zero-order valence-electron chi connectivity index (χ0n) is 25.1. The molecule has 0 bridgehead atoms. The first kappa shape index (κ1) is 35.1. The van der Waals surface area contributed by atoms with Gasteiger partial charge in [0, 0.05) is 6.42 Å². The lowest BCUT2D eigenvalue weighted by molar-refractivity contribution is -0.141. The van der Waals surface area contributed by atoms with Crippen molar-refractivity contribution in [1.82, 2.24) is 16.0 Å². The molecule has 0 aromatic heterocycles. The van der Waals surface area contributed by atoms with Gasteiger partial charge in [-0.25, -0.2) is 4.79 Å². The van der Waals surface area contributed by atoms with Crippen molar-refractivity contribution in [1.29, 1.82) is 0 Å². The van der Waals surface area contributed by atoms with Crippen molar-refractivity contribution >= 4 is 35.5 Å². The highest BCUT2D eigenvalue weighted by molar-refractivity contribution is 6.32. The minimum atomic E-state index is -1.22. The number of hydrogen-bond acceptors (Lipinski definition) is 8. The van der Waals surface area contributed by atoms with Crippen LogP contribution in [0, 0.1) is 5.92 Å². The summed E-state index contributed by atoms with van der Waals surface area (Å²) in [6.07, 6.45) is 3.46. The van der Waals surface area contributed by atoms with Gasteiger partial charge >= 0.3 is 12.1 Å². The van der Waals surface area contributed by atoms with Gasteiger partial charge in [-0.2, -0.15) is 0 Å². The number of esters is 1. The van der Waals surface area contributed by atoms with E-state index in [0.717, 1.165) is 32.1 Å². The van der Waals surface area contributed by atoms with Crippen molar-refractivity contribution in [3.8, 4) is 5.75 Å². The lowest BCUT2D eigenvalue weighted by atomic mass is 9.83. The SMILES string of the molecule is COC(=O)CC[C@H](NC(=O)CC(O)C(CC1CCCCC1)NC(=O)OC(C)(C)C)C(=O)NCCOc1ccccc1Cl. The summed E-state index contributed by atoms with van der Waals surface area (Å²) in [6.45, 7) is 5.49.